The van der Waals surface area contributed by atoms with Gasteiger partial charge in [-0.1, -0.05) is 13.0 Å². The van der Waals surface area contributed by atoms with Gasteiger partial charge in [-0.2, -0.15) is 0 Å². The lowest BCUT2D eigenvalue weighted by molar-refractivity contribution is -0.141. The fourth-order valence-electron chi connectivity index (χ4n) is 2.01. The quantitative estimate of drug-likeness (QED) is 0.784. The Labute approximate surface area is 102 Å². The Bertz CT molecular complexity index is 388. The molecule has 1 aliphatic heterocycles. The molecule has 1 aromatic heterocycles. The summed E-state index contributed by atoms with van der Waals surface area (Å²) in [6.45, 7) is 4.39. The molecule has 1 saturated heterocycles. The molecule has 17 heavy (non-hydrogen) atoms. The molecule has 2 heterocycles. The highest BCUT2D eigenvalue weighted by atomic mass is 16.5. The minimum atomic E-state index is 0.131. The number of rotatable bonds is 4. The van der Waals surface area contributed by atoms with E-state index in [1.165, 1.54) is 0 Å². The number of ether oxygens (including phenoxy) is 1. The van der Waals surface area contributed by atoms with Gasteiger partial charge in [-0.25, -0.2) is 0 Å². The summed E-state index contributed by atoms with van der Waals surface area (Å²) in [7, 11) is 1.85. The number of likely N-dealkylation sites (N-methyl/N-ethyl adjacent to an activating group) is 1. The Balaban J connectivity index is 1.87. The summed E-state index contributed by atoms with van der Waals surface area (Å²) in [5.74, 6) is 0.131. The van der Waals surface area contributed by atoms with Gasteiger partial charge in [0.25, 0.3) is 0 Å². The first-order chi connectivity index (χ1) is 8.09. The van der Waals surface area contributed by atoms with Crippen molar-refractivity contribution in [3.05, 3.63) is 30.1 Å². The maximum Gasteiger partial charge on any atom is 0.226 e. The number of pyridine rings is 1. The summed E-state index contributed by atoms with van der Waals surface area (Å²) < 4.78 is 5.19. The molecular weight excluding hydrogens is 216 g/mol. The highest BCUT2D eigenvalue weighted by molar-refractivity contribution is 5.78. The van der Waals surface area contributed by atoms with Crippen molar-refractivity contribution in [3.63, 3.8) is 0 Å². The zero-order valence-electron chi connectivity index (χ0n) is 10.3. The van der Waals surface area contributed by atoms with Crippen LogP contribution in [-0.2, 0) is 16.0 Å². The summed E-state index contributed by atoms with van der Waals surface area (Å²) in [6, 6.07) is 3.77. The third-order valence-corrected chi connectivity index (χ3v) is 3.02. The topological polar surface area (TPSA) is 42.4 Å². The van der Waals surface area contributed by atoms with Gasteiger partial charge >= 0.3 is 0 Å². The van der Waals surface area contributed by atoms with E-state index in [0.717, 1.165) is 25.3 Å². The van der Waals surface area contributed by atoms with Gasteiger partial charge in [-0.15, -0.1) is 0 Å². The van der Waals surface area contributed by atoms with Crippen molar-refractivity contribution >= 4 is 5.91 Å². The largest absolute Gasteiger partial charge is 0.380 e. The van der Waals surface area contributed by atoms with Gasteiger partial charge in [0, 0.05) is 31.4 Å². The standard InChI is InChI=1S/C13H18N2O2/c1-13(9-17-10-13)8-15(2)12(16)6-11-4-3-5-14-7-11/h3-5,7H,6,8-10H2,1-2H3. The first-order valence-corrected chi connectivity index (χ1v) is 5.80. The van der Waals surface area contributed by atoms with E-state index >= 15 is 0 Å². The molecule has 1 amide bonds. The minimum Gasteiger partial charge on any atom is -0.380 e. The van der Waals surface area contributed by atoms with Crippen LogP contribution in [0.5, 0.6) is 0 Å². The minimum absolute atomic E-state index is 0.131. The van der Waals surface area contributed by atoms with Crippen molar-refractivity contribution < 1.29 is 9.53 Å². The Morgan fingerprint density at radius 1 is 1.59 bits per heavy atom. The third-order valence-electron chi connectivity index (χ3n) is 3.02. The summed E-state index contributed by atoms with van der Waals surface area (Å²) in [5.41, 5.74) is 1.10. The van der Waals surface area contributed by atoms with Crippen LogP contribution in [0.3, 0.4) is 0 Å². The lowest BCUT2D eigenvalue weighted by Gasteiger charge is -2.40. The zero-order valence-corrected chi connectivity index (χ0v) is 10.3. The second kappa shape index (κ2) is 4.84. The summed E-state index contributed by atoms with van der Waals surface area (Å²) in [4.78, 5) is 17.8. The maximum absolute atomic E-state index is 12.0. The van der Waals surface area contributed by atoms with E-state index in [0.29, 0.717) is 6.42 Å². The number of hydrogen-bond acceptors (Lipinski definition) is 3. The van der Waals surface area contributed by atoms with Crippen molar-refractivity contribution in [2.75, 3.05) is 26.8 Å². The van der Waals surface area contributed by atoms with Crippen LogP contribution in [0, 0.1) is 5.41 Å². The fraction of sp³-hybridized carbons (Fsp3) is 0.538. The molecule has 1 aromatic rings. The zero-order chi connectivity index (χ0) is 12.3. The van der Waals surface area contributed by atoms with Crippen LogP contribution in [0.15, 0.2) is 24.5 Å². The molecule has 0 saturated carbocycles. The van der Waals surface area contributed by atoms with E-state index in [2.05, 4.69) is 11.9 Å². The van der Waals surface area contributed by atoms with Crippen LogP contribution in [0.4, 0.5) is 0 Å². The second-order valence-corrected chi connectivity index (χ2v) is 5.09. The maximum atomic E-state index is 12.0. The van der Waals surface area contributed by atoms with E-state index in [1.54, 1.807) is 17.3 Å². The van der Waals surface area contributed by atoms with Crippen molar-refractivity contribution in [1.82, 2.24) is 9.88 Å². The molecule has 0 radical (unpaired) electrons. The number of carbonyl (C=O) groups is 1. The van der Waals surface area contributed by atoms with Crippen molar-refractivity contribution in [3.8, 4) is 0 Å². The Morgan fingerprint density at radius 3 is 2.88 bits per heavy atom. The van der Waals surface area contributed by atoms with Crippen molar-refractivity contribution in [2.24, 2.45) is 5.41 Å². The number of amides is 1. The Kier molecular flexibility index (Phi) is 3.43. The second-order valence-electron chi connectivity index (χ2n) is 5.09. The average molecular weight is 234 g/mol. The molecule has 1 fully saturated rings. The van der Waals surface area contributed by atoms with E-state index in [1.807, 2.05) is 19.2 Å². The Hall–Kier alpha value is -1.42. The van der Waals surface area contributed by atoms with Crippen LogP contribution >= 0.6 is 0 Å². The third kappa shape index (κ3) is 3.03. The molecular formula is C13H18N2O2. The molecule has 0 bridgehead atoms. The lowest BCUT2D eigenvalue weighted by Crippen LogP contribution is -2.49. The van der Waals surface area contributed by atoms with Gasteiger partial charge < -0.3 is 9.64 Å². The van der Waals surface area contributed by atoms with Gasteiger partial charge in [0.1, 0.15) is 0 Å². The van der Waals surface area contributed by atoms with Crippen LogP contribution in [0.25, 0.3) is 0 Å². The summed E-state index contributed by atoms with van der Waals surface area (Å²) >= 11 is 0. The Morgan fingerprint density at radius 2 is 2.35 bits per heavy atom. The summed E-state index contributed by atoms with van der Waals surface area (Å²) in [5, 5.41) is 0. The number of aromatic nitrogens is 1. The normalized spacial score (nSPS) is 17.3. The molecule has 0 atom stereocenters. The van der Waals surface area contributed by atoms with E-state index in [9.17, 15) is 4.79 Å². The van der Waals surface area contributed by atoms with Crippen molar-refractivity contribution in [1.29, 1.82) is 0 Å². The number of nitrogens with zero attached hydrogens (tertiary/aromatic N) is 2. The molecule has 0 unspecified atom stereocenters. The molecule has 4 nitrogen and oxygen atoms in total. The van der Waals surface area contributed by atoms with Crippen molar-refractivity contribution in [2.45, 2.75) is 13.3 Å². The predicted octanol–water partition coefficient (Wildman–Crippen LogP) is 1.12. The highest BCUT2D eigenvalue weighted by Crippen LogP contribution is 2.27. The average Bonchev–Trinajstić information content (AvgIpc) is 2.28. The molecule has 0 N–H and O–H groups in total. The lowest BCUT2D eigenvalue weighted by atomic mass is 9.88. The SMILES string of the molecule is CN(CC1(C)COC1)C(=O)Cc1cccnc1. The highest BCUT2D eigenvalue weighted by Gasteiger charge is 2.35. The van der Waals surface area contributed by atoms with E-state index < -0.39 is 0 Å². The molecule has 0 spiro atoms. The first-order valence-electron chi connectivity index (χ1n) is 5.80. The monoisotopic (exact) mass is 234 g/mol. The van der Waals surface area contributed by atoms with E-state index in [4.69, 9.17) is 4.74 Å². The first kappa shape index (κ1) is 12.0. The molecule has 92 valence electrons. The molecule has 0 aliphatic carbocycles. The smallest absolute Gasteiger partial charge is 0.226 e. The van der Waals surface area contributed by atoms with E-state index in [-0.39, 0.29) is 11.3 Å². The summed E-state index contributed by atoms with van der Waals surface area (Å²) in [6.07, 6.45) is 3.87. The molecule has 2 rings (SSSR count). The number of carbonyl (C=O) groups excluding carboxylic acids is 1. The van der Waals surface area contributed by atoms with Gasteiger partial charge in [-0.05, 0) is 11.6 Å². The van der Waals surface area contributed by atoms with Crippen LogP contribution in [-0.4, -0.2) is 42.6 Å². The molecule has 1 aliphatic rings. The fourth-order valence-corrected chi connectivity index (χ4v) is 2.01. The van der Waals surface area contributed by atoms with Crippen LogP contribution in [0.2, 0.25) is 0 Å². The molecule has 4 heteroatoms. The molecule has 0 aromatic carbocycles. The van der Waals surface area contributed by atoms with Gasteiger partial charge in [0.05, 0.1) is 19.6 Å². The predicted molar refractivity (Wildman–Crippen MR) is 64.5 cm³/mol. The van der Waals surface area contributed by atoms with Gasteiger partial charge in [-0.3, -0.25) is 9.78 Å². The number of hydrogen-bond donors (Lipinski definition) is 0. The van der Waals surface area contributed by atoms with Crippen LogP contribution < -0.4 is 0 Å². The van der Waals surface area contributed by atoms with Gasteiger partial charge in [0.15, 0.2) is 0 Å². The van der Waals surface area contributed by atoms with Gasteiger partial charge in [0.2, 0.25) is 5.91 Å². The van der Waals surface area contributed by atoms with Crippen LogP contribution in [0.1, 0.15) is 12.5 Å².